The van der Waals surface area contributed by atoms with Gasteiger partial charge in [0.1, 0.15) is 12.3 Å². The van der Waals surface area contributed by atoms with Crippen LogP contribution in [-0.4, -0.2) is 37.0 Å². The van der Waals surface area contributed by atoms with Gasteiger partial charge in [-0.1, -0.05) is 29.8 Å². The highest BCUT2D eigenvalue weighted by molar-refractivity contribution is 6.30. The van der Waals surface area contributed by atoms with E-state index in [1.54, 1.807) is 48.5 Å². The molecular formula is C19H17ClN2O5. The molecule has 27 heavy (non-hydrogen) atoms. The molecule has 1 heterocycles. The number of hydrogen-bond donors (Lipinski definition) is 1. The summed E-state index contributed by atoms with van der Waals surface area (Å²) in [5.74, 6) is -1.09. The van der Waals surface area contributed by atoms with Gasteiger partial charge >= 0.3 is 5.97 Å². The minimum Gasteiger partial charge on any atom is -0.482 e. The Balaban J connectivity index is 1.60. The number of benzene rings is 2. The molecule has 3 rings (SSSR count). The third-order valence-electron chi connectivity index (χ3n) is 3.85. The molecule has 1 aliphatic rings. The number of halogens is 1. The Labute approximate surface area is 160 Å². The number of carbonyl (C=O) groups excluding carboxylic acids is 3. The van der Waals surface area contributed by atoms with Gasteiger partial charge in [0.25, 0.3) is 5.91 Å². The summed E-state index contributed by atoms with van der Waals surface area (Å²) in [7, 11) is 0. The summed E-state index contributed by atoms with van der Waals surface area (Å²) in [4.78, 5) is 37.8. The van der Waals surface area contributed by atoms with Crippen LogP contribution in [0.3, 0.4) is 0 Å². The molecule has 0 radical (unpaired) electrons. The first-order valence-corrected chi connectivity index (χ1v) is 8.60. The predicted molar refractivity (Wildman–Crippen MR) is 99.9 cm³/mol. The SMILES string of the molecule is C[C@@H](OC(=O)COc1cccc(Cl)c1)C(=O)N1CC(=O)Nc2ccccc21. The first-order valence-electron chi connectivity index (χ1n) is 8.22. The third kappa shape index (κ3) is 4.57. The number of rotatable bonds is 5. The lowest BCUT2D eigenvalue weighted by Crippen LogP contribution is -2.47. The Hall–Kier alpha value is -3.06. The molecule has 140 valence electrons. The summed E-state index contributed by atoms with van der Waals surface area (Å²) < 4.78 is 10.4. The van der Waals surface area contributed by atoms with Gasteiger partial charge in [-0.2, -0.15) is 0 Å². The number of hydrogen-bond acceptors (Lipinski definition) is 5. The van der Waals surface area contributed by atoms with Crippen molar-refractivity contribution in [3.05, 3.63) is 53.6 Å². The van der Waals surface area contributed by atoms with Gasteiger partial charge in [0.05, 0.1) is 11.4 Å². The molecule has 8 heteroatoms. The number of amides is 2. The van der Waals surface area contributed by atoms with Crippen molar-refractivity contribution in [2.45, 2.75) is 13.0 Å². The number of anilines is 2. The normalized spacial score (nSPS) is 14.0. The van der Waals surface area contributed by atoms with Crippen molar-refractivity contribution in [3.63, 3.8) is 0 Å². The van der Waals surface area contributed by atoms with Gasteiger partial charge < -0.3 is 14.8 Å². The first-order chi connectivity index (χ1) is 12.9. The molecule has 0 unspecified atom stereocenters. The van der Waals surface area contributed by atoms with Crippen LogP contribution < -0.4 is 15.0 Å². The summed E-state index contributed by atoms with van der Waals surface area (Å²) in [5.41, 5.74) is 1.09. The molecule has 2 amide bonds. The second kappa shape index (κ2) is 8.09. The molecule has 0 bridgehead atoms. The molecule has 0 aromatic heterocycles. The van der Waals surface area contributed by atoms with Crippen LogP contribution >= 0.6 is 11.6 Å². The minimum atomic E-state index is -1.07. The quantitative estimate of drug-likeness (QED) is 0.796. The van der Waals surface area contributed by atoms with Crippen LogP contribution in [0.2, 0.25) is 5.02 Å². The fraction of sp³-hybridized carbons (Fsp3) is 0.211. The van der Waals surface area contributed by atoms with Crippen LogP contribution in [0.1, 0.15) is 6.92 Å². The third-order valence-corrected chi connectivity index (χ3v) is 4.08. The Morgan fingerprint density at radius 2 is 2.00 bits per heavy atom. The zero-order valence-electron chi connectivity index (χ0n) is 14.5. The van der Waals surface area contributed by atoms with Gasteiger partial charge in [0, 0.05) is 5.02 Å². The van der Waals surface area contributed by atoms with Crippen molar-refractivity contribution in [3.8, 4) is 5.75 Å². The van der Waals surface area contributed by atoms with E-state index in [-0.39, 0.29) is 19.1 Å². The molecule has 0 saturated carbocycles. The van der Waals surface area contributed by atoms with E-state index >= 15 is 0 Å². The number of ether oxygens (including phenoxy) is 2. The lowest BCUT2D eigenvalue weighted by atomic mass is 10.1. The van der Waals surface area contributed by atoms with E-state index in [4.69, 9.17) is 21.1 Å². The van der Waals surface area contributed by atoms with E-state index in [2.05, 4.69) is 5.32 Å². The van der Waals surface area contributed by atoms with E-state index < -0.39 is 18.0 Å². The second-order valence-electron chi connectivity index (χ2n) is 5.87. The Kier molecular flexibility index (Phi) is 5.61. The standard InChI is InChI=1S/C19H17ClN2O5/c1-12(27-18(24)11-26-14-6-4-5-13(20)9-14)19(25)22-10-17(23)21-15-7-2-3-8-16(15)22/h2-9,12H,10-11H2,1H3,(H,21,23)/t12-/m1/s1. The Morgan fingerprint density at radius 3 is 2.78 bits per heavy atom. The number of carbonyl (C=O) groups is 3. The largest absolute Gasteiger partial charge is 0.482 e. The van der Waals surface area contributed by atoms with Gasteiger partial charge in [-0.3, -0.25) is 14.5 Å². The maximum absolute atomic E-state index is 12.7. The monoisotopic (exact) mass is 388 g/mol. The molecule has 1 aliphatic heterocycles. The fourth-order valence-corrected chi connectivity index (χ4v) is 2.81. The van der Waals surface area contributed by atoms with Crippen LogP contribution in [0.25, 0.3) is 0 Å². The minimum absolute atomic E-state index is 0.142. The summed E-state index contributed by atoms with van der Waals surface area (Å²) >= 11 is 5.85. The highest BCUT2D eigenvalue weighted by Gasteiger charge is 2.31. The van der Waals surface area contributed by atoms with Gasteiger partial charge in [-0.15, -0.1) is 0 Å². The molecular weight excluding hydrogens is 372 g/mol. The summed E-state index contributed by atoms with van der Waals surface area (Å²) in [6.45, 7) is 0.945. The molecule has 0 fully saturated rings. The number of fused-ring (bicyclic) bond motifs is 1. The lowest BCUT2D eigenvalue weighted by Gasteiger charge is -2.30. The topological polar surface area (TPSA) is 84.9 Å². The zero-order valence-corrected chi connectivity index (χ0v) is 15.2. The number of esters is 1. The maximum atomic E-state index is 12.7. The molecule has 2 aromatic carbocycles. The second-order valence-corrected chi connectivity index (χ2v) is 6.30. The van der Waals surface area contributed by atoms with E-state index in [1.807, 2.05) is 0 Å². The molecule has 0 spiro atoms. The van der Waals surface area contributed by atoms with Crippen LogP contribution in [0.5, 0.6) is 5.75 Å². The van der Waals surface area contributed by atoms with Crippen molar-refractivity contribution in [2.24, 2.45) is 0 Å². The highest BCUT2D eigenvalue weighted by Crippen LogP contribution is 2.29. The van der Waals surface area contributed by atoms with Gasteiger partial charge in [-0.05, 0) is 37.3 Å². The van der Waals surface area contributed by atoms with E-state index in [1.165, 1.54) is 11.8 Å². The first kappa shape index (κ1) is 18.7. The lowest BCUT2D eigenvalue weighted by molar-refractivity contribution is -0.155. The average molecular weight is 389 g/mol. The molecule has 1 atom stereocenters. The highest BCUT2D eigenvalue weighted by atomic mass is 35.5. The van der Waals surface area contributed by atoms with E-state index in [0.29, 0.717) is 22.1 Å². The number of nitrogens with zero attached hydrogens (tertiary/aromatic N) is 1. The Morgan fingerprint density at radius 1 is 1.22 bits per heavy atom. The molecule has 0 aliphatic carbocycles. The van der Waals surface area contributed by atoms with Crippen LogP contribution in [-0.2, 0) is 19.1 Å². The zero-order chi connectivity index (χ0) is 19.4. The molecule has 1 N–H and O–H groups in total. The maximum Gasteiger partial charge on any atom is 0.344 e. The van der Waals surface area contributed by atoms with Crippen molar-refractivity contribution in [2.75, 3.05) is 23.4 Å². The Bertz CT molecular complexity index is 886. The smallest absolute Gasteiger partial charge is 0.344 e. The number of nitrogens with one attached hydrogen (secondary N) is 1. The summed E-state index contributed by atoms with van der Waals surface area (Å²) in [5, 5.41) is 3.17. The van der Waals surface area contributed by atoms with E-state index in [9.17, 15) is 14.4 Å². The molecule has 7 nitrogen and oxygen atoms in total. The van der Waals surface area contributed by atoms with E-state index in [0.717, 1.165) is 0 Å². The van der Waals surface area contributed by atoms with Crippen LogP contribution in [0, 0.1) is 0 Å². The predicted octanol–water partition coefficient (Wildman–Crippen LogP) is 2.64. The van der Waals surface area contributed by atoms with Crippen molar-refractivity contribution < 1.29 is 23.9 Å². The van der Waals surface area contributed by atoms with Crippen molar-refractivity contribution >= 4 is 40.8 Å². The molecule has 0 saturated heterocycles. The van der Waals surface area contributed by atoms with Crippen molar-refractivity contribution in [1.29, 1.82) is 0 Å². The number of para-hydroxylation sites is 2. The average Bonchev–Trinajstić information content (AvgIpc) is 2.65. The fourth-order valence-electron chi connectivity index (χ4n) is 2.63. The van der Waals surface area contributed by atoms with Gasteiger partial charge in [0.2, 0.25) is 5.91 Å². The van der Waals surface area contributed by atoms with Crippen LogP contribution in [0.4, 0.5) is 11.4 Å². The van der Waals surface area contributed by atoms with Crippen molar-refractivity contribution in [1.82, 2.24) is 0 Å². The summed E-state index contributed by atoms with van der Waals surface area (Å²) in [6, 6.07) is 13.5. The molecule has 2 aromatic rings. The van der Waals surface area contributed by atoms with Gasteiger partial charge in [0.15, 0.2) is 12.7 Å². The summed E-state index contributed by atoms with van der Waals surface area (Å²) in [6.07, 6.45) is -1.07. The van der Waals surface area contributed by atoms with Gasteiger partial charge in [-0.25, -0.2) is 4.79 Å². The van der Waals surface area contributed by atoms with Crippen LogP contribution in [0.15, 0.2) is 48.5 Å².